The lowest BCUT2D eigenvalue weighted by atomic mass is 10.1. The maximum Gasteiger partial charge on any atom is 0.329 e. The van der Waals surface area contributed by atoms with Gasteiger partial charge in [-0.1, -0.05) is 63.4 Å². The van der Waals surface area contributed by atoms with Gasteiger partial charge in [0, 0.05) is 27.3 Å². The number of anilines is 1. The van der Waals surface area contributed by atoms with Crippen molar-refractivity contribution in [2.24, 2.45) is 5.10 Å². The van der Waals surface area contributed by atoms with Crippen LogP contribution < -0.4 is 20.8 Å². The topological polar surface area (TPSA) is 109 Å². The number of rotatable bonds is 8. The first-order valence-corrected chi connectivity index (χ1v) is 11.6. The van der Waals surface area contributed by atoms with Crippen molar-refractivity contribution in [3.63, 3.8) is 0 Å². The fourth-order valence-electron chi connectivity index (χ4n) is 2.84. The quantitative estimate of drug-likeness (QED) is 0.219. The summed E-state index contributed by atoms with van der Waals surface area (Å²) in [5.74, 6) is -1.74. The van der Waals surface area contributed by atoms with Crippen LogP contribution in [0.15, 0.2) is 76.3 Å². The van der Waals surface area contributed by atoms with E-state index in [1.165, 1.54) is 6.21 Å². The third-order valence-electron chi connectivity index (χ3n) is 4.59. The van der Waals surface area contributed by atoms with E-state index in [-0.39, 0.29) is 19.1 Å². The second-order valence-electron chi connectivity index (χ2n) is 7.40. The first-order valence-electron chi connectivity index (χ1n) is 10.4. The Morgan fingerprint density at radius 1 is 1.03 bits per heavy atom. The minimum Gasteiger partial charge on any atom is -0.483 e. The zero-order chi connectivity index (χ0) is 25.2. The third-order valence-corrected chi connectivity index (χ3v) is 5.32. The van der Waals surface area contributed by atoms with E-state index in [0.29, 0.717) is 22.0 Å². The van der Waals surface area contributed by atoms with Crippen molar-refractivity contribution < 1.29 is 19.1 Å². The van der Waals surface area contributed by atoms with Crippen LogP contribution in [0.2, 0.25) is 5.02 Å². The van der Waals surface area contributed by atoms with Crippen LogP contribution in [0, 0.1) is 6.92 Å². The smallest absolute Gasteiger partial charge is 0.329 e. The highest BCUT2D eigenvalue weighted by Gasteiger charge is 2.12. The molecule has 0 bridgehead atoms. The summed E-state index contributed by atoms with van der Waals surface area (Å²) in [6.45, 7) is 1.92. The van der Waals surface area contributed by atoms with E-state index < -0.39 is 11.8 Å². The monoisotopic (exact) mass is 556 g/mol. The van der Waals surface area contributed by atoms with Gasteiger partial charge in [0.2, 0.25) is 0 Å². The molecular weight excluding hydrogens is 536 g/mol. The van der Waals surface area contributed by atoms with Crippen LogP contribution in [0.1, 0.15) is 16.7 Å². The van der Waals surface area contributed by atoms with Gasteiger partial charge in [0.05, 0.1) is 6.21 Å². The second-order valence-corrected chi connectivity index (χ2v) is 8.75. The summed E-state index contributed by atoms with van der Waals surface area (Å²) in [6.07, 6.45) is 1.32. The van der Waals surface area contributed by atoms with Crippen LogP contribution in [0.25, 0.3) is 0 Å². The van der Waals surface area contributed by atoms with E-state index in [0.717, 1.165) is 15.6 Å². The second kappa shape index (κ2) is 12.7. The Bertz CT molecular complexity index is 1250. The molecule has 0 aliphatic carbocycles. The molecule has 3 aromatic carbocycles. The number of nitrogens with zero attached hydrogens (tertiary/aromatic N) is 1. The molecule has 0 aromatic heterocycles. The van der Waals surface area contributed by atoms with Crippen molar-refractivity contribution >= 4 is 57.2 Å². The molecule has 0 spiro atoms. The van der Waals surface area contributed by atoms with Crippen molar-refractivity contribution in [3.8, 4) is 5.75 Å². The molecule has 3 amide bonds. The van der Waals surface area contributed by atoms with Gasteiger partial charge < -0.3 is 15.4 Å². The lowest BCUT2D eigenvalue weighted by Gasteiger charge is -2.10. The average Bonchev–Trinajstić information content (AvgIpc) is 2.83. The summed E-state index contributed by atoms with van der Waals surface area (Å²) >= 11 is 9.28. The lowest BCUT2D eigenvalue weighted by molar-refractivity contribution is -0.139. The van der Waals surface area contributed by atoms with Crippen LogP contribution >= 0.6 is 27.5 Å². The Morgan fingerprint density at radius 3 is 2.54 bits per heavy atom. The highest BCUT2D eigenvalue weighted by atomic mass is 79.9. The lowest BCUT2D eigenvalue weighted by Crippen LogP contribution is -2.37. The van der Waals surface area contributed by atoms with Crippen LogP contribution in [0.5, 0.6) is 5.75 Å². The average molecular weight is 558 g/mol. The molecule has 3 aromatic rings. The highest BCUT2D eigenvalue weighted by molar-refractivity contribution is 9.10. The van der Waals surface area contributed by atoms with E-state index >= 15 is 0 Å². The van der Waals surface area contributed by atoms with Gasteiger partial charge in [-0.15, -0.1) is 0 Å². The number of hydrogen-bond donors (Lipinski definition) is 3. The van der Waals surface area contributed by atoms with E-state index in [9.17, 15) is 14.4 Å². The van der Waals surface area contributed by atoms with Gasteiger partial charge in [0.1, 0.15) is 5.75 Å². The SMILES string of the molecule is Cc1ccc(CNC(=O)C(=O)N/N=C\c2cc(Br)ccc2OCC(=O)Nc2cccc(Cl)c2)cc1. The largest absolute Gasteiger partial charge is 0.483 e. The van der Waals surface area contributed by atoms with Crippen LogP contribution in [0.3, 0.4) is 0 Å². The molecule has 0 heterocycles. The molecule has 0 fully saturated rings. The summed E-state index contributed by atoms with van der Waals surface area (Å²) in [5.41, 5.74) is 5.18. The molecule has 0 unspecified atom stereocenters. The maximum atomic E-state index is 12.2. The number of benzene rings is 3. The van der Waals surface area contributed by atoms with Gasteiger partial charge >= 0.3 is 11.8 Å². The van der Waals surface area contributed by atoms with Gasteiger partial charge in [-0.2, -0.15) is 5.10 Å². The first kappa shape index (κ1) is 25.9. The number of amides is 3. The molecule has 0 radical (unpaired) electrons. The Morgan fingerprint density at radius 2 is 1.80 bits per heavy atom. The van der Waals surface area contributed by atoms with E-state index in [1.54, 1.807) is 42.5 Å². The third kappa shape index (κ3) is 8.55. The minimum absolute atomic E-state index is 0.219. The molecule has 180 valence electrons. The predicted octanol–water partition coefficient (Wildman–Crippen LogP) is 4.19. The number of nitrogens with one attached hydrogen (secondary N) is 3. The molecule has 0 saturated heterocycles. The molecule has 0 saturated carbocycles. The number of carbonyl (C=O) groups excluding carboxylic acids is 3. The van der Waals surface area contributed by atoms with Crippen LogP contribution in [0.4, 0.5) is 5.69 Å². The predicted molar refractivity (Wildman–Crippen MR) is 138 cm³/mol. The van der Waals surface area contributed by atoms with Crippen molar-refractivity contribution in [1.29, 1.82) is 0 Å². The normalized spacial score (nSPS) is 10.6. The van der Waals surface area contributed by atoms with Crippen molar-refractivity contribution in [2.45, 2.75) is 13.5 Å². The Balaban J connectivity index is 1.53. The summed E-state index contributed by atoms with van der Waals surface area (Å²) < 4.78 is 6.34. The van der Waals surface area contributed by atoms with Gasteiger partial charge in [0.15, 0.2) is 6.61 Å². The summed E-state index contributed by atoms with van der Waals surface area (Å²) in [7, 11) is 0. The van der Waals surface area contributed by atoms with E-state index in [1.807, 2.05) is 31.2 Å². The Labute approximate surface area is 215 Å². The van der Waals surface area contributed by atoms with Crippen molar-refractivity contribution in [2.75, 3.05) is 11.9 Å². The number of ether oxygens (including phenoxy) is 1. The van der Waals surface area contributed by atoms with E-state index in [2.05, 4.69) is 37.1 Å². The number of hydrazone groups is 1. The first-order chi connectivity index (χ1) is 16.8. The molecule has 0 atom stereocenters. The molecule has 10 heteroatoms. The number of hydrogen-bond acceptors (Lipinski definition) is 5. The standard InChI is InChI=1S/C25H22BrClN4O4/c1-16-5-7-17(8-6-16)13-28-24(33)25(34)31-29-14-18-11-19(26)9-10-22(18)35-15-23(32)30-21-4-2-3-20(27)12-21/h2-12,14H,13,15H2,1H3,(H,28,33)(H,30,32)(H,31,34)/b29-14-. The fourth-order valence-corrected chi connectivity index (χ4v) is 3.41. The van der Waals surface area contributed by atoms with Crippen molar-refractivity contribution in [1.82, 2.24) is 10.7 Å². The molecule has 35 heavy (non-hydrogen) atoms. The maximum absolute atomic E-state index is 12.2. The van der Waals surface area contributed by atoms with Crippen LogP contribution in [-0.4, -0.2) is 30.5 Å². The van der Waals surface area contributed by atoms with Gasteiger partial charge in [-0.3, -0.25) is 14.4 Å². The number of aryl methyl sites for hydroxylation is 1. The number of carbonyl (C=O) groups is 3. The highest BCUT2D eigenvalue weighted by Crippen LogP contribution is 2.22. The zero-order valence-electron chi connectivity index (χ0n) is 18.7. The van der Waals surface area contributed by atoms with Gasteiger partial charge in [-0.05, 0) is 48.9 Å². The summed E-state index contributed by atoms with van der Waals surface area (Å²) in [4.78, 5) is 36.3. The molecule has 3 rings (SSSR count). The Hall–Kier alpha value is -3.69. The molecular formula is C25H22BrClN4O4. The van der Waals surface area contributed by atoms with Crippen molar-refractivity contribution in [3.05, 3.63) is 92.9 Å². The number of halogens is 2. The Kier molecular flexibility index (Phi) is 9.39. The molecule has 8 nitrogen and oxygen atoms in total. The fraction of sp³-hybridized carbons (Fsp3) is 0.120. The summed E-state index contributed by atoms with van der Waals surface area (Å²) in [5, 5.41) is 9.56. The van der Waals surface area contributed by atoms with Gasteiger partial charge in [-0.25, -0.2) is 5.43 Å². The summed E-state index contributed by atoms with van der Waals surface area (Å²) in [6, 6.07) is 19.4. The zero-order valence-corrected chi connectivity index (χ0v) is 21.0. The van der Waals surface area contributed by atoms with E-state index in [4.69, 9.17) is 16.3 Å². The minimum atomic E-state index is -0.910. The van der Waals surface area contributed by atoms with Gasteiger partial charge in [0.25, 0.3) is 5.91 Å². The van der Waals surface area contributed by atoms with Crippen LogP contribution in [-0.2, 0) is 20.9 Å². The molecule has 0 aliphatic rings. The molecule has 0 aliphatic heterocycles. The molecule has 3 N–H and O–H groups in total.